The fourth-order valence-corrected chi connectivity index (χ4v) is 3.65. The maximum Gasteiger partial charge on any atom is 0.0631 e. The first-order chi connectivity index (χ1) is 11.0. The van der Waals surface area contributed by atoms with E-state index in [-0.39, 0.29) is 6.42 Å². The Bertz CT molecular complexity index is 811. The maximum atomic E-state index is 10.8. The monoisotopic (exact) mass is 324 g/mol. The highest BCUT2D eigenvalue weighted by Gasteiger charge is 2.13. The fraction of sp³-hybridized carbons (Fsp3) is 0.211. The van der Waals surface area contributed by atoms with Crippen LogP contribution in [0.25, 0.3) is 16.3 Å². The lowest BCUT2D eigenvalue weighted by Crippen LogP contribution is -2.22. The molecule has 3 rings (SSSR count). The average molecular weight is 324 g/mol. The van der Waals surface area contributed by atoms with Gasteiger partial charge in [0.2, 0.25) is 0 Å². The molecule has 0 unspecified atom stereocenters. The van der Waals surface area contributed by atoms with Gasteiger partial charge in [0.15, 0.2) is 0 Å². The summed E-state index contributed by atoms with van der Waals surface area (Å²) in [6.45, 7) is 4.15. The number of carboxylic acid groups (broad SMARTS) is 1. The van der Waals surface area contributed by atoms with Gasteiger partial charge in [-0.3, -0.25) is 0 Å². The van der Waals surface area contributed by atoms with E-state index >= 15 is 0 Å². The van der Waals surface area contributed by atoms with Gasteiger partial charge in [-0.05, 0) is 73.5 Å². The van der Waals surface area contributed by atoms with Gasteiger partial charge in [0.25, 0.3) is 0 Å². The fourth-order valence-electron chi connectivity index (χ4n) is 2.91. The summed E-state index contributed by atoms with van der Waals surface area (Å²) in [5.41, 5.74) is 5.54. The van der Waals surface area contributed by atoms with Gasteiger partial charge >= 0.3 is 0 Å². The maximum absolute atomic E-state index is 10.8. The van der Waals surface area contributed by atoms with Gasteiger partial charge in [0.05, 0.1) is 10.6 Å². The molecule has 0 N–H and O–H groups in total. The number of rotatable bonds is 5. The van der Waals surface area contributed by atoms with Gasteiger partial charge in [0.1, 0.15) is 0 Å². The molecular weight excluding hydrogens is 306 g/mol. The number of carboxylic acids is 1. The molecule has 2 aromatic heterocycles. The number of nitrogens with zero attached hydrogens (tertiary/aromatic N) is 1. The van der Waals surface area contributed by atoms with Crippen molar-refractivity contribution in [3.8, 4) is 16.3 Å². The number of carbonyl (C=O) groups excluding carboxylic acids is 1. The van der Waals surface area contributed by atoms with Crippen LogP contribution in [0.2, 0.25) is 0 Å². The summed E-state index contributed by atoms with van der Waals surface area (Å²) in [6, 6.07) is 14.6. The van der Waals surface area contributed by atoms with Crippen LogP contribution in [-0.2, 0) is 11.2 Å². The van der Waals surface area contributed by atoms with Crippen LogP contribution in [0.15, 0.2) is 47.8 Å². The third kappa shape index (κ3) is 3.37. The van der Waals surface area contributed by atoms with Crippen LogP contribution >= 0.6 is 11.3 Å². The zero-order chi connectivity index (χ0) is 16.4. The summed E-state index contributed by atoms with van der Waals surface area (Å²) in [6.07, 6.45) is 0.486. The van der Waals surface area contributed by atoms with Gasteiger partial charge in [-0.1, -0.05) is 12.1 Å². The molecule has 1 aromatic carbocycles. The number of aliphatic carboxylic acids is 1. The van der Waals surface area contributed by atoms with Gasteiger partial charge in [-0.2, -0.15) is 0 Å². The Kier molecular flexibility index (Phi) is 4.35. The second-order valence-electron chi connectivity index (χ2n) is 5.74. The van der Waals surface area contributed by atoms with Crippen molar-refractivity contribution in [2.45, 2.75) is 26.7 Å². The number of carbonyl (C=O) groups is 1. The lowest BCUT2D eigenvalue weighted by Gasteiger charge is -2.15. The molecule has 0 bridgehead atoms. The normalized spacial score (nSPS) is 10.9. The van der Waals surface area contributed by atoms with E-state index in [4.69, 9.17) is 0 Å². The summed E-state index contributed by atoms with van der Waals surface area (Å²) >= 11 is 1.68. The minimum Gasteiger partial charge on any atom is -0.550 e. The van der Waals surface area contributed by atoms with Crippen molar-refractivity contribution in [3.05, 3.63) is 64.7 Å². The predicted octanol–water partition coefficient (Wildman–Crippen LogP) is 3.51. The van der Waals surface area contributed by atoms with Crippen molar-refractivity contribution in [1.29, 1.82) is 0 Å². The van der Waals surface area contributed by atoms with Crippen molar-refractivity contribution >= 4 is 17.3 Å². The van der Waals surface area contributed by atoms with Crippen molar-refractivity contribution in [2.24, 2.45) is 0 Å². The largest absolute Gasteiger partial charge is 0.550 e. The highest BCUT2D eigenvalue weighted by Crippen LogP contribution is 2.31. The number of hydrogen-bond donors (Lipinski definition) is 0. The summed E-state index contributed by atoms with van der Waals surface area (Å²) in [4.78, 5) is 12.0. The molecule has 0 saturated carbocycles. The van der Waals surface area contributed by atoms with Crippen LogP contribution in [0, 0.1) is 13.8 Å². The average Bonchev–Trinajstić information content (AvgIpc) is 3.13. The Morgan fingerprint density at radius 1 is 1.13 bits per heavy atom. The Morgan fingerprint density at radius 2 is 1.87 bits per heavy atom. The van der Waals surface area contributed by atoms with E-state index in [9.17, 15) is 9.90 Å². The van der Waals surface area contributed by atoms with Crippen molar-refractivity contribution in [1.82, 2.24) is 4.57 Å². The first kappa shape index (κ1) is 15.6. The number of hydrogen-bond acceptors (Lipinski definition) is 3. The van der Waals surface area contributed by atoms with Crippen LogP contribution in [0.4, 0.5) is 0 Å². The van der Waals surface area contributed by atoms with Gasteiger partial charge in [-0.15, -0.1) is 11.3 Å². The Labute approximate surface area is 139 Å². The second kappa shape index (κ2) is 6.42. The van der Waals surface area contributed by atoms with Crippen LogP contribution in [0.1, 0.15) is 23.2 Å². The molecule has 0 spiro atoms. The molecular formula is C19H18NO2S-. The SMILES string of the molecule is Cc1cc(C)cc(-n2c(CCC(=O)[O-])ccc2-c2cccs2)c1. The van der Waals surface area contributed by atoms with Crippen LogP contribution in [-0.4, -0.2) is 10.5 Å². The molecule has 2 heterocycles. The second-order valence-corrected chi connectivity index (χ2v) is 6.69. The van der Waals surface area contributed by atoms with Crippen molar-refractivity contribution in [2.75, 3.05) is 0 Å². The zero-order valence-corrected chi connectivity index (χ0v) is 14.0. The lowest BCUT2D eigenvalue weighted by atomic mass is 10.1. The predicted molar refractivity (Wildman–Crippen MR) is 91.9 cm³/mol. The molecule has 0 atom stereocenters. The van der Waals surface area contributed by atoms with Crippen molar-refractivity contribution in [3.63, 3.8) is 0 Å². The molecule has 0 aliphatic heterocycles. The molecule has 0 saturated heterocycles. The number of thiophene rings is 1. The zero-order valence-electron chi connectivity index (χ0n) is 13.2. The lowest BCUT2D eigenvalue weighted by molar-refractivity contribution is -0.305. The van der Waals surface area contributed by atoms with Gasteiger partial charge in [-0.25, -0.2) is 0 Å². The molecule has 0 aliphatic rings. The van der Waals surface area contributed by atoms with E-state index in [2.05, 4.69) is 54.1 Å². The summed E-state index contributed by atoms with van der Waals surface area (Å²) in [7, 11) is 0. The molecule has 3 nitrogen and oxygen atoms in total. The Balaban J connectivity index is 2.14. The third-order valence-corrected chi connectivity index (χ3v) is 4.68. The molecule has 0 amide bonds. The first-order valence-corrected chi connectivity index (χ1v) is 8.45. The minimum atomic E-state index is -1.02. The quantitative estimate of drug-likeness (QED) is 0.721. The summed E-state index contributed by atoms with van der Waals surface area (Å²) in [5, 5.41) is 12.9. The van der Waals surface area contributed by atoms with E-state index < -0.39 is 5.97 Å². The number of aryl methyl sites for hydroxylation is 3. The van der Waals surface area contributed by atoms with E-state index in [1.807, 2.05) is 12.1 Å². The Morgan fingerprint density at radius 3 is 2.48 bits per heavy atom. The van der Waals surface area contributed by atoms with Crippen LogP contribution < -0.4 is 5.11 Å². The van der Waals surface area contributed by atoms with Crippen LogP contribution in [0.5, 0.6) is 0 Å². The van der Waals surface area contributed by atoms with E-state index in [0.717, 1.165) is 17.1 Å². The van der Waals surface area contributed by atoms with Gasteiger partial charge in [0, 0.05) is 17.4 Å². The molecule has 0 radical (unpaired) electrons. The molecule has 0 fully saturated rings. The van der Waals surface area contributed by atoms with E-state index in [1.165, 1.54) is 16.0 Å². The summed E-state index contributed by atoms with van der Waals surface area (Å²) < 4.78 is 2.16. The van der Waals surface area contributed by atoms with E-state index in [1.54, 1.807) is 11.3 Å². The molecule has 118 valence electrons. The molecule has 4 heteroatoms. The first-order valence-electron chi connectivity index (χ1n) is 7.57. The third-order valence-electron chi connectivity index (χ3n) is 3.79. The topological polar surface area (TPSA) is 45.1 Å². The summed E-state index contributed by atoms with van der Waals surface area (Å²) in [5.74, 6) is -1.02. The molecule has 23 heavy (non-hydrogen) atoms. The van der Waals surface area contributed by atoms with E-state index in [0.29, 0.717) is 6.42 Å². The smallest absolute Gasteiger partial charge is 0.0631 e. The highest BCUT2D eigenvalue weighted by atomic mass is 32.1. The highest BCUT2D eigenvalue weighted by molar-refractivity contribution is 7.13. The number of benzene rings is 1. The Hall–Kier alpha value is -2.33. The molecule has 0 aliphatic carbocycles. The minimum absolute atomic E-state index is 0.0265. The van der Waals surface area contributed by atoms with Crippen LogP contribution in [0.3, 0.4) is 0 Å². The standard InChI is InChI=1S/C19H19NO2S/c1-13-10-14(2)12-16(11-13)20-15(6-8-19(21)22)5-7-17(20)18-4-3-9-23-18/h3-5,7,9-12H,6,8H2,1-2H3,(H,21,22)/p-1. The molecule has 3 aromatic rings. The van der Waals surface area contributed by atoms with Gasteiger partial charge < -0.3 is 14.5 Å². The van der Waals surface area contributed by atoms with Crippen molar-refractivity contribution < 1.29 is 9.90 Å². The number of aromatic nitrogens is 1.